The van der Waals surface area contributed by atoms with E-state index < -0.39 is 0 Å². The minimum absolute atomic E-state index is 0.396. The van der Waals surface area contributed by atoms with E-state index in [-0.39, 0.29) is 0 Å². The van der Waals surface area contributed by atoms with Gasteiger partial charge in [-0.1, -0.05) is 0 Å². The Labute approximate surface area is 125 Å². The fourth-order valence-corrected chi connectivity index (χ4v) is 2.59. The molecular weight excluding hydrogens is 268 g/mol. The van der Waals surface area contributed by atoms with Gasteiger partial charge in [0, 0.05) is 39.8 Å². The Morgan fingerprint density at radius 1 is 1.14 bits per heavy atom. The first kappa shape index (κ1) is 14.3. The van der Waals surface area contributed by atoms with Crippen LogP contribution in [0.5, 0.6) is 6.01 Å². The smallest absolute Gasteiger partial charge is 0.323 e. The minimum Gasteiger partial charge on any atom is -0.464 e. The molecule has 1 aromatic heterocycles. The SMILES string of the molecule is CCOc1nc(NC)nc(N2CCN(CC3CC3)CC2)n1. The summed E-state index contributed by atoms with van der Waals surface area (Å²) in [5.74, 6) is 2.22. The van der Waals surface area contributed by atoms with Gasteiger partial charge >= 0.3 is 6.01 Å². The summed E-state index contributed by atoms with van der Waals surface area (Å²) in [6.45, 7) is 7.84. The molecule has 1 saturated heterocycles. The van der Waals surface area contributed by atoms with E-state index >= 15 is 0 Å². The van der Waals surface area contributed by atoms with E-state index in [9.17, 15) is 0 Å². The van der Waals surface area contributed by atoms with Gasteiger partial charge in [-0.25, -0.2) is 0 Å². The number of nitrogens with zero attached hydrogens (tertiary/aromatic N) is 5. The highest BCUT2D eigenvalue weighted by molar-refractivity contribution is 5.38. The summed E-state index contributed by atoms with van der Waals surface area (Å²) in [7, 11) is 1.81. The van der Waals surface area contributed by atoms with Crippen molar-refractivity contribution in [3.05, 3.63) is 0 Å². The van der Waals surface area contributed by atoms with Crippen molar-refractivity contribution < 1.29 is 4.74 Å². The Bertz CT molecular complexity index is 471. The monoisotopic (exact) mass is 292 g/mol. The molecule has 1 aromatic rings. The van der Waals surface area contributed by atoms with Crippen LogP contribution in [0.25, 0.3) is 0 Å². The van der Waals surface area contributed by atoms with Crippen LogP contribution in [0.2, 0.25) is 0 Å². The maximum absolute atomic E-state index is 5.42. The lowest BCUT2D eigenvalue weighted by molar-refractivity contribution is 0.246. The Hall–Kier alpha value is -1.63. The van der Waals surface area contributed by atoms with Gasteiger partial charge in [0.05, 0.1) is 6.61 Å². The molecule has 7 heteroatoms. The highest BCUT2D eigenvalue weighted by atomic mass is 16.5. The summed E-state index contributed by atoms with van der Waals surface area (Å²) in [6.07, 6.45) is 2.83. The lowest BCUT2D eigenvalue weighted by atomic mass is 10.3. The molecule has 1 aliphatic carbocycles. The molecule has 1 N–H and O–H groups in total. The summed E-state index contributed by atoms with van der Waals surface area (Å²) < 4.78 is 5.42. The van der Waals surface area contributed by atoms with Gasteiger partial charge < -0.3 is 15.0 Å². The second-order valence-electron chi connectivity index (χ2n) is 5.66. The second kappa shape index (κ2) is 6.43. The molecule has 0 radical (unpaired) electrons. The Kier molecular flexibility index (Phi) is 4.38. The number of aromatic nitrogens is 3. The van der Waals surface area contributed by atoms with Crippen LogP contribution in [-0.4, -0.2) is 66.2 Å². The number of nitrogens with one attached hydrogen (secondary N) is 1. The Morgan fingerprint density at radius 2 is 1.90 bits per heavy atom. The lowest BCUT2D eigenvalue weighted by Gasteiger charge is -2.34. The second-order valence-corrected chi connectivity index (χ2v) is 5.66. The Balaban J connectivity index is 1.64. The van der Waals surface area contributed by atoms with E-state index in [1.165, 1.54) is 19.4 Å². The van der Waals surface area contributed by atoms with Crippen LogP contribution >= 0.6 is 0 Å². The average Bonchev–Trinajstić information content (AvgIpc) is 3.32. The molecule has 2 aliphatic rings. The minimum atomic E-state index is 0.396. The largest absolute Gasteiger partial charge is 0.464 e. The zero-order valence-electron chi connectivity index (χ0n) is 12.9. The molecule has 0 amide bonds. The lowest BCUT2D eigenvalue weighted by Crippen LogP contribution is -2.47. The number of rotatable bonds is 6. The molecule has 21 heavy (non-hydrogen) atoms. The summed E-state index contributed by atoms with van der Waals surface area (Å²) in [4.78, 5) is 17.8. The van der Waals surface area contributed by atoms with Crippen molar-refractivity contribution in [2.45, 2.75) is 19.8 Å². The first-order chi connectivity index (χ1) is 10.3. The van der Waals surface area contributed by atoms with Crippen LogP contribution in [0, 0.1) is 5.92 Å². The van der Waals surface area contributed by atoms with Crippen molar-refractivity contribution in [3.8, 4) is 6.01 Å². The van der Waals surface area contributed by atoms with Crippen molar-refractivity contribution in [3.63, 3.8) is 0 Å². The summed E-state index contributed by atoms with van der Waals surface area (Å²) >= 11 is 0. The van der Waals surface area contributed by atoms with Gasteiger partial charge in [0.25, 0.3) is 0 Å². The molecule has 0 bridgehead atoms. The van der Waals surface area contributed by atoms with Gasteiger partial charge in [0.15, 0.2) is 0 Å². The quantitative estimate of drug-likeness (QED) is 0.833. The van der Waals surface area contributed by atoms with E-state index in [2.05, 4.69) is 30.1 Å². The highest BCUT2D eigenvalue weighted by Crippen LogP contribution is 2.30. The van der Waals surface area contributed by atoms with Crippen molar-refractivity contribution in [2.24, 2.45) is 5.92 Å². The van der Waals surface area contributed by atoms with Gasteiger partial charge in [-0.15, -0.1) is 0 Å². The number of ether oxygens (including phenoxy) is 1. The van der Waals surface area contributed by atoms with E-state index in [4.69, 9.17) is 4.74 Å². The molecule has 0 atom stereocenters. The van der Waals surface area contributed by atoms with Gasteiger partial charge in [-0.3, -0.25) is 4.90 Å². The van der Waals surface area contributed by atoms with Crippen molar-refractivity contribution in [2.75, 3.05) is 56.6 Å². The Morgan fingerprint density at radius 3 is 2.52 bits per heavy atom. The predicted molar refractivity (Wildman–Crippen MR) is 81.9 cm³/mol. The first-order valence-corrected chi connectivity index (χ1v) is 7.82. The van der Waals surface area contributed by atoms with E-state index in [0.29, 0.717) is 24.5 Å². The molecule has 7 nitrogen and oxygen atoms in total. The third kappa shape index (κ3) is 3.72. The maximum atomic E-state index is 5.42. The van der Waals surface area contributed by atoms with Crippen LogP contribution in [-0.2, 0) is 0 Å². The predicted octanol–water partition coefficient (Wildman–Crippen LogP) is 0.844. The van der Waals surface area contributed by atoms with Crippen LogP contribution in [0.3, 0.4) is 0 Å². The maximum Gasteiger partial charge on any atom is 0.323 e. The fraction of sp³-hybridized carbons (Fsp3) is 0.786. The molecule has 0 aromatic carbocycles. The number of anilines is 2. The molecule has 1 saturated carbocycles. The van der Waals surface area contributed by atoms with E-state index in [0.717, 1.165) is 32.1 Å². The average molecular weight is 292 g/mol. The third-order valence-corrected chi connectivity index (χ3v) is 3.97. The van der Waals surface area contributed by atoms with Gasteiger partial charge in [-0.05, 0) is 25.7 Å². The molecule has 0 unspecified atom stereocenters. The topological polar surface area (TPSA) is 66.4 Å². The van der Waals surface area contributed by atoms with Crippen molar-refractivity contribution >= 4 is 11.9 Å². The van der Waals surface area contributed by atoms with Crippen LogP contribution in [0.1, 0.15) is 19.8 Å². The molecule has 0 spiro atoms. The molecule has 3 rings (SSSR count). The first-order valence-electron chi connectivity index (χ1n) is 7.82. The van der Waals surface area contributed by atoms with E-state index in [1.54, 1.807) is 0 Å². The normalized spacial score (nSPS) is 19.6. The van der Waals surface area contributed by atoms with E-state index in [1.807, 2.05) is 14.0 Å². The standard InChI is InChI=1S/C14H24N6O/c1-3-21-14-17-12(15-2)16-13(18-14)20-8-6-19(7-9-20)10-11-4-5-11/h11H,3-10H2,1-2H3,(H,15,16,17,18). The third-order valence-electron chi connectivity index (χ3n) is 3.97. The number of piperazine rings is 1. The molecule has 2 heterocycles. The summed E-state index contributed by atoms with van der Waals surface area (Å²) in [6, 6.07) is 0.396. The van der Waals surface area contributed by atoms with Crippen LogP contribution in [0.15, 0.2) is 0 Å². The number of hydrogen-bond acceptors (Lipinski definition) is 7. The molecule has 1 aliphatic heterocycles. The van der Waals surface area contributed by atoms with Crippen molar-refractivity contribution in [1.82, 2.24) is 19.9 Å². The summed E-state index contributed by atoms with van der Waals surface area (Å²) in [5, 5.41) is 2.97. The van der Waals surface area contributed by atoms with Gasteiger partial charge in [0.2, 0.25) is 11.9 Å². The molecular formula is C14H24N6O. The van der Waals surface area contributed by atoms with Crippen LogP contribution in [0.4, 0.5) is 11.9 Å². The fourth-order valence-electron chi connectivity index (χ4n) is 2.59. The van der Waals surface area contributed by atoms with Crippen molar-refractivity contribution in [1.29, 1.82) is 0 Å². The number of hydrogen-bond donors (Lipinski definition) is 1. The molecule has 2 fully saturated rings. The molecule has 116 valence electrons. The summed E-state index contributed by atoms with van der Waals surface area (Å²) in [5.41, 5.74) is 0. The van der Waals surface area contributed by atoms with Gasteiger partial charge in [-0.2, -0.15) is 15.0 Å². The highest BCUT2D eigenvalue weighted by Gasteiger charge is 2.27. The van der Waals surface area contributed by atoms with Gasteiger partial charge in [0.1, 0.15) is 0 Å². The van der Waals surface area contributed by atoms with Crippen LogP contribution < -0.4 is 15.0 Å². The zero-order chi connectivity index (χ0) is 14.7. The zero-order valence-corrected chi connectivity index (χ0v) is 12.9.